The third-order valence-corrected chi connectivity index (χ3v) is 5.53. The lowest BCUT2D eigenvalue weighted by Gasteiger charge is -2.11. The van der Waals surface area contributed by atoms with E-state index in [9.17, 15) is 18.0 Å². The van der Waals surface area contributed by atoms with E-state index in [1.54, 1.807) is 26.0 Å². The number of thiophene rings is 1. The molecule has 24 heavy (non-hydrogen) atoms. The number of aryl methyl sites for hydroxylation is 1. The topological polar surface area (TPSA) is 86.7 Å². The monoisotopic (exact) mass is 368 g/mol. The number of esters is 1. The number of rotatable bonds is 6. The van der Waals surface area contributed by atoms with Crippen molar-refractivity contribution >= 4 is 33.2 Å². The first kappa shape index (κ1) is 18.2. The van der Waals surface area contributed by atoms with Crippen molar-refractivity contribution in [1.29, 1.82) is 0 Å². The predicted octanol–water partition coefficient (Wildman–Crippen LogP) is 3.20. The number of benzene rings is 1. The molecule has 0 bridgehead atoms. The van der Waals surface area contributed by atoms with Crippen LogP contribution in [0, 0.1) is 6.92 Å². The summed E-state index contributed by atoms with van der Waals surface area (Å²) >= 11 is 0.936. The Morgan fingerprint density at radius 1 is 1.21 bits per heavy atom. The summed E-state index contributed by atoms with van der Waals surface area (Å²) in [6.45, 7) is 3.47. The van der Waals surface area contributed by atoms with E-state index in [1.807, 2.05) is 0 Å². The average molecular weight is 368 g/mol. The Morgan fingerprint density at radius 3 is 2.54 bits per heavy atom. The van der Waals surface area contributed by atoms with Crippen LogP contribution in [0.1, 0.15) is 38.9 Å². The van der Waals surface area contributed by atoms with Crippen molar-refractivity contribution in [2.75, 3.05) is 7.11 Å². The van der Waals surface area contributed by atoms with Crippen LogP contribution in [0.25, 0.3) is 0 Å². The fourth-order valence-electron chi connectivity index (χ4n) is 2.02. The first-order chi connectivity index (χ1) is 11.3. The number of methoxy groups -OCH3 is 1. The average Bonchev–Trinajstić information content (AvgIpc) is 3.05. The summed E-state index contributed by atoms with van der Waals surface area (Å²) in [7, 11) is -3.11. The summed E-state index contributed by atoms with van der Waals surface area (Å²) in [5, 5.41) is 1.45. The Morgan fingerprint density at radius 2 is 1.92 bits per heavy atom. The van der Waals surface area contributed by atoms with Gasteiger partial charge in [-0.1, -0.05) is 18.6 Å². The summed E-state index contributed by atoms with van der Waals surface area (Å²) in [6, 6.07) is 5.92. The van der Waals surface area contributed by atoms with Crippen LogP contribution in [-0.4, -0.2) is 27.3 Å². The molecule has 0 atom stereocenters. The van der Waals surface area contributed by atoms with Crippen LogP contribution in [0.5, 0.6) is 5.75 Å². The number of ketones is 1. The molecule has 128 valence electrons. The summed E-state index contributed by atoms with van der Waals surface area (Å²) in [6.07, 6.45) is 0.214. The maximum atomic E-state index is 12.5. The number of carbonyl (C=O) groups is 2. The fraction of sp³-hybridized carbons (Fsp3) is 0.250. The summed E-state index contributed by atoms with van der Waals surface area (Å²) < 4.78 is 34.7. The third-order valence-electron chi connectivity index (χ3n) is 3.23. The molecule has 1 aromatic heterocycles. The summed E-state index contributed by atoms with van der Waals surface area (Å²) in [5.41, 5.74) is 0.998. The zero-order valence-corrected chi connectivity index (χ0v) is 15.0. The highest BCUT2D eigenvalue weighted by Crippen LogP contribution is 2.29. The highest BCUT2D eigenvalue weighted by atomic mass is 32.2. The van der Waals surface area contributed by atoms with Crippen molar-refractivity contribution in [2.24, 2.45) is 0 Å². The van der Waals surface area contributed by atoms with Crippen molar-refractivity contribution in [2.45, 2.75) is 25.2 Å². The minimum absolute atomic E-state index is 0.0607. The van der Waals surface area contributed by atoms with Crippen LogP contribution >= 0.6 is 11.3 Å². The molecule has 6 nitrogen and oxygen atoms in total. The molecule has 0 aliphatic heterocycles. The maximum absolute atomic E-state index is 12.5. The van der Waals surface area contributed by atoms with Crippen LogP contribution < -0.4 is 4.18 Å². The van der Waals surface area contributed by atoms with Crippen molar-refractivity contribution in [3.63, 3.8) is 0 Å². The van der Waals surface area contributed by atoms with Gasteiger partial charge in [-0.3, -0.25) is 4.79 Å². The Bertz CT molecular complexity index is 880. The largest absolute Gasteiger partial charge is 0.465 e. The lowest BCUT2D eigenvalue weighted by Crippen LogP contribution is -2.15. The predicted molar refractivity (Wildman–Crippen MR) is 89.3 cm³/mol. The molecule has 0 saturated heterocycles. The fourth-order valence-corrected chi connectivity index (χ4v) is 4.28. The van der Waals surface area contributed by atoms with Crippen molar-refractivity contribution in [1.82, 2.24) is 0 Å². The summed E-state index contributed by atoms with van der Waals surface area (Å²) in [4.78, 5) is 23.3. The minimum Gasteiger partial charge on any atom is -0.465 e. The third kappa shape index (κ3) is 3.65. The van der Waals surface area contributed by atoms with E-state index in [4.69, 9.17) is 4.18 Å². The van der Waals surface area contributed by atoms with Crippen LogP contribution in [0.3, 0.4) is 0 Å². The van der Waals surface area contributed by atoms with Crippen LogP contribution in [0.2, 0.25) is 0 Å². The molecule has 0 aliphatic carbocycles. The Kier molecular flexibility index (Phi) is 5.40. The SMILES string of the molecule is CCC(=O)c1cc(C)ccc1OS(=O)(=O)c1ccsc1C(=O)OC. The van der Waals surface area contributed by atoms with Gasteiger partial charge >= 0.3 is 16.1 Å². The van der Waals surface area contributed by atoms with Crippen molar-refractivity contribution < 1.29 is 26.9 Å². The molecule has 0 fully saturated rings. The van der Waals surface area contributed by atoms with E-state index in [2.05, 4.69) is 4.74 Å². The quantitative estimate of drug-likeness (QED) is 0.442. The van der Waals surface area contributed by atoms with Gasteiger partial charge in [0.1, 0.15) is 9.77 Å². The molecule has 0 aliphatic rings. The van der Waals surface area contributed by atoms with E-state index in [0.717, 1.165) is 24.0 Å². The second-order valence-corrected chi connectivity index (χ2v) is 7.35. The van der Waals surface area contributed by atoms with Gasteiger partial charge in [-0.2, -0.15) is 8.42 Å². The second kappa shape index (κ2) is 7.14. The maximum Gasteiger partial charge on any atom is 0.349 e. The van der Waals surface area contributed by atoms with E-state index in [1.165, 1.54) is 17.5 Å². The molecule has 1 heterocycles. The lowest BCUT2D eigenvalue weighted by molar-refractivity contribution is 0.0602. The van der Waals surface area contributed by atoms with Gasteiger partial charge < -0.3 is 8.92 Å². The number of hydrogen-bond donors (Lipinski definition) is 0. The van der Waals surface area contributed by atoms with Gasteiger partial charge in [0.15, 0.2) is 11.5 Å². The minimum atomic E-state index is -4.28. The molecule has 0 saturated carbocycles. The molecule has 0 spiro atoms. The van der Waals surface area contributed by atoms with E-state index in [0.29, 0.717) is 0 Å². The van der Waals surface area contributed by atoms with E-state index < -0.39 is 16.1 Å². The number of carbonyl (C=O) groups excluding carboxylic acids is 2. The summed E-state index contributed by atoms with van der Waals surface area (Å²) in [5.74, 6) is -1.06. The molecule has 2 rings (SSSR count). The molecular formula is C16H16O6S2. The Hall–Kier alpha value is -2.19. The van der Waals surface area contributed by atoms with Crippen LogP contribution in [0.15, 0.2) is 34.5 Å². The Balaban J connectivity index is 2.46. The number of hydrogen-bond acceptors (Lipinski definition) is 7. The van der Waals surface area contributed by atoms with Gasteiger partial charge in [-0.15, -0.1) is 11.3 Å². The molecule has 0 amide bonds. The van der Waals surface area contributed by atoms with Gasteiger partial charge in [0, 0.05) is 6.42 Å². The van der Waals surface area contributed by atoms with Gasteiger partial charge in [0.2, 0.25) is 0 Å². The van der Waals surface area contributed by atoms with Gasteiger partial charge in [-0.25, -0.2) is 4.79 Å². The second-order valence-electron chi connectivity index (χ2n) is 4.92. The van der Waals surface area contributed by atoms with Gasteiger partial charge in [0.05, 0.1) is 12.7 Å². The molecule has 0 unspecified atom stereocenters. The molecular weight excluding hydrogens is 352 g/mol. The molecule has 0 radical (unpaired) electrons. The van der Waals surface area contributed by atoms with Crippen LogP contribution in [0.4, 0.5) is 0 Å². The first-order valence-electron chi connectivity index (χ1n) is 7.04. The molecule has 1 aromatic carbocycles. The number of Topliss-reactive ketones (excluding diaryl/α,β-unsaturated/α-hetero) is 1. The van der Waals surface area contributed by atoms with Crippen molar-refractivity contribution in [3.05, 3.63) is 45.6 Å². The number of ether oxygens (including phenoxy) is 1. The van der Waals surface area contributed by atoms with E-state index >= 15 is 0 Å². The van der Waals surface area contributed by atoms with E-state index in [-0.39, 0.29) is 33.3 Å². The standard InChI is InChI=1S/C16H16O6S2/c1-4-12(17)11-9-10(2)5-6-13(11)22-24(19,20)14-7-8-23-15(14)16(18)21-3/h5-9H,4H2,1-3H3. The molecule has 0 N–H and O–H groups in total. The smallest absolute Gasteiger partial charge is 0.349 e. The highest BCUT2D eigenvalue weighted by molar-refractivity contribution is 7.87. The normalized spacial score (nSPS) is 11.1. The zero-order chi connectivity index (χ0) is 17.9. The first-order valence-corrected chi connectivity index (χ1v) is 9.33. The lowest BCUT2D eigenvalue weighted by atomic mass is 10.1. The van der Waals surface area contributed by atoms with Gasteiger partial charge in [-0.05, 0) is 30.5 Å². The molecule has 8 heteroatoms. The van der Waals surface area contributed by atoms with Crippen molar-refractivity contribution in [3.8, 4) is 5.75 Å². The molecule has 2 aromatic rings. The zero-order valence-electron chi connectivity index (χ0n) is 13.4. The highest BCUT2D eigenvalue weighted by Gasteiger charge is 2.28. The van der Waals surface area contributed by atoms with Gasteiger partial charge in [0.25, 0.3) is 0 Å². The Labute approximate surface area is 144 Å². The van der Waals surface area contributed by atoms with Crippen LogP contribution in [-0.2, 0) is 14.9 Å².